The van der Waals surface area contributed by atoms with Crippen molar-refractivity contribution in [3.63, 3.8) is 0 Å². The fourth-order valence-electron chi connectivity index (χ4n) is 3.51. The van der Waals surface area contributed by atoms with E-state index in [1.165, 1.54) is 44.9 Å². The molecule has 2 heteroatoms. The Labute approximate surface area is 132 Å². The zero-order valence-corrected chi connectivity index (χ0v) is 15.0. The van der Waals surface area contributed by atoms with Gasteiger partial charge in [-0.25, -0.2) is 0 Å². The summed E-state index contributed by atoms with van der Waals surface area (Å²) in [7, 11) is 0. The van der Waals surface area contributed by atoms with Crippen molar-refractivity contribution in [2.45, 2.75) is 91.2 Å². The fraction of sp³-hybridized carbons (Fsp3) is 1.00. The Bertz CT molecular complexity index is 306. The van der Waals surface area contributed by atoms with Crippen LogP contribution in [0.2, 0.25) is 0 Å². The minimum atomic E-state index is 0.124. The predicted octanol–water partition coefficient (Wildman–Crippen LogP) is 4.78. The zero-order chi connectivity index (χ0) is 15.5. The Morgan fingerprint density at radius 3 is 2.19 bits per heavy atom. The highest BCUT2D eigenvalue weighted by atomic mass is 16.5. The van der Waals surface area contributed by atoms with Gasteiger partial charge in [-0.3, -0.25) is 0 Å². The first kappa shape index (κ1) is 17.3. The van der Waals surface area contributed by atoms with E-state index in [1.54, 1.807) is 0 Å². The smallest absolute Gasteiger partial charge is 0.0806 e. The van der Waals surface area contributed by atoms with Crippen LogP contribution in [0.5, 0.6) is 0 Å². The molecule has 0 spiro atoms. The first-order chi connectivity index (χ1) is 9.81. The molecule has 1 N–H and O–H groups in total. The second-order valence-electron chi connectivity index (χ2n) is 9.01. The summed E-state index contributed by atoms with van der Waals surface area (Å²) in [5, 5.41) is 3.73. The van der Waals surface area contributed by atoms with Crippen molar-refractivity contribution < 1.29 is 4.74 Å². The molecular formula is C19H37NO. The normalized spacial score (nSPS) is 30.9. The molecule has 0 heterocycles. The maximum absolute atomic E-state index is 6.46. The summed E-state index contributed by atoms with van der Waals surface area (Å²) in [6.07, 6.45) is 9.07. The minimum absolute atomic E-state index is 0.124. The van der Waals surface area contributed by atoms with Gasteiger partial charge in [-0.1, -0.05) is 34.6 Å². The summed E-state index contributed by atoms with van der Waals surface area (Å²) in [5.41, 5.74) is 0.577. The lowest BCUT2D eigenvalue weighted by Gasteiger charge is -2.44. The Kier molecular flexibility index (Phi) is 5.76. The molecule has 2 nitrogen and oxygen atoms in total. The van der Waals surface area contributed by atoms with Crippen molar-refractivity contribution >= 4 is 0 Å². The second kappa shape index (κ2) is 7.00. The van der Waals surface area contributed by atoms with Crippen LogP contribution in [0, 0.1) is 17.3 Å². The quantitative estimate of drug-likeness (QED) is 0.730. The Morgan fingerprint density at radius 2 is 1.71 bits per heavy atom. The molecule has 0 amide bonds. The standard InChI is InChI=1S/C19H37NO/c1-15(2)10-13-21-19(14-20-17-6-7-17)11-8-16(9-12-19)18(3,4)5/h15-17,20H,6-14H2,1-5H3. The second-order valence-corrected chi connectivity index (χ2v) is 9.01. The molecule has 2 aliphatic carbocycles. The van der Waals surface area contributed by atoms with Crippen molar-refractivity contribution in [2.24, 2.45) is 17.3 Å². The van der Waals surface area contributed by atoms with Gasteiger partial charge in [0, 0.05) is 19.2 Å². The van der Waals surface area contributed by atoms with Crippen LogP contribution in [0.15, 0.2) is 0 Å². The summed E-state index contributed by atoms with van der Waals surface area (Å²) in [5.74, 6) is 1.60. The molecule has 21 heavy (non-hydrogen) atoms. The van der Waals surface area contributed by atoms with E-state index in [1.807, 2.05) is 0 Å². The average Bonchev–Trinajstić information content (AvgIpc) is 3.19. The molecule has 124 valence electrons. The topological polar surface area (TPSA) is 21.3 Å². The highest BCUT2D eigenvalue weighted by Crippen LogP contribution is 2.43. The van der Waals surface area contributed by atoms with E-state index < -0.39 is 0 Å². The van der Waals surface area contributed by atoms with E-state index in [9.17, 15) is 0 Å². The highest BCUT2D eigenvalue weighted by Gasteiger charge is 2.40. The Hall–Kier alpha value is -0.0800. The van der Waals surface area contributed by atoms with Gasteiger partial charge in [0.2, 0.25) is 0 Å². The van der Waals surface area contributed by atoms with E-state index >= 15 is 0 Å². The monoisotopic (exact) mass is 295 g/mol. The fourth-order valence-corrected chi connectivity index (χ4v) is 3.51. The molecule has 0 aromatic carbocycles. The number of hydrogen-bond donors (Lipinski definition) is 1. The third kappa shape index (κ3) is 5.56. The molecule has 2 fully saturated rings. The van der Waals surface area contributed by atoms with Gasteiger partial charge in [0.15, 0.2) is 0 Å². The third-order valence-corrected chi connectivity index (χ3v) is 5.52. The molecule has 0 aliphatic heterocycles. The Balaban J connectivity index is 1.86. The van der Waals surface area contributed by atoms with Gasteiger partial charge < -0.3 is 10.1 Å². The summed E-state index contributed by atoms with van der Waals surface area (Å²) in [6, 6.07) is 0.788. The third-order valence-electron chi connectivity index (χ3n) is 5.52. The molecule has 0 atom stereocenters. The maximum atomic E-state index is 6.46. The molecule has 2 rings (SSSR count). The molecular weight excluding hydrogens is 258 g/mol. The summed E-state index contributed by atoms with van der Waals surface area (Å²) < 4.78 is 6.46. The van der Waals surface area contributed by atoms with Crippen LogP contribution in [0.25, 0.3) is 0 Å². The predicted molar refractivity (Wildman–Crippen MR) is 90.6 cm³/mol. The van der Waals surface area contributed by atoms with E-state index in [2.05, 4.69) is 39.9 Å². The number of hydrogen-bond acceptors (Lipinski definition) is 2. The van der Waals surface area contributed by atoms with Crippen molar-refractivity contribution in [2.75, 3.05) is 13.2 Å². The average molecular weight is 296 g/mol. The van der Waals surface area contributed by atoms with Gasteiger partial charge in [-0.2, -0.15) is 0 Å². The molecule has 0 radical (unpaired) electrons. The van der Waals surface area contributed by atoms with Crippen LogP contribution < -0.4 is 5.32 Å². The molecule has 2 saturated carbocycles. The van der Waals surface area contributed by atoms with Crippen molar-refractivity contribution in [1.82, 2.24) is 5.32 Å². The largest absolute Gasteiger partial charge is 0.374 e. The van der Waals surface area contributed by atoms with Crippen molar-refractivity contribution in [3.8, 4) is 0 Å². The van der Waals surface area contributed by atoms with E-state index in [-0.39, 0.29) is 5.60 Å². The number of rotatable bonds is 7. The van der Waals surface area contributed by atoms with Crippen molar-refractivity contribution in [1.29, 1.82) is 0 Å². The molecule has 0 bridgehead atoms. The molecule has 0 aromatic heterocycles. The van der Waals surface area contributed by atoms with Gasteiger partial charge >= 0.3 is 0 Å². The van der Waals surface area contributed by atoms with Crippen LogP contribution in [0.1, 0.15) is 79.6 Å². The lowest BCUT2D eigenvalue weighted by atomic mass is 9.68. The maximum Gasteiger partial charge on any atom is 0.0806 e. The first-order valence-corrected chi connectivity index (χ1v) is 9.18. The Morgan fingerprint density at radius 1 is 1.10 bits per heavy atom. The van der Waals surface area contributed by atoms with Crippen LogP contribution in [0.4, 0.5) is 0 Å². The van der Waals surface area contributed by atoms with Gasteiger partial charge in [-0.15, -0.1) is 0 Å². The molecule has 0 saturated heterocycles. The number of ether oxygens (including phenoxy) is 1. The molecule has 2 aliphatic rings. The van der Waals surface area contributed by atoms with Gasteiger partial charge in [0.25, 0.3) is 0 Å². The van der Waals surface area contributed by atoms with E-state index in [4.69, 9.17) is 4.74 Å². The lowest BCUT2D eigenvalue weighted by Crippen LogP contribution is -2.48. The van der Waals surface area contributed by atoms with Gasteiger partial charge in [0.05, 0.1) is 5.60 Å². The van der Waals surface area contributed by atoms with Crippen LogP contribution >= 0.6 is 0 Å². The van der Waals surface area contributed by atoms with Crippen molar-refractivity contribution in [3.05, 3.63) is 0 Å². The van der Waals surface area contributed by atoms with Gasteiger partial charge in [0.1, 0.15) is 0 Å². The summed E-state index contributed by atoms with van der Waals surface area (Å²) >= 11 is 0. The van der Waals surface area contributed by atoms with E-state index in [0.29, 0.717) is 5.41 Å². The van der Waals surface area contributed by atoms with Gasteiger partial charge in [-0.05, 0) is 62.2 Å². The zero-order valence-electron chi connectivity index (χ0n) is 15.0. The van der Waals surface area contributed by atoms with Crippen LogP contribution in [-0.4, -0.2) is 24.8 Å². The van der Waals surface area contributed by atoms with E-state index in [0.717, 1.165) is 31.0 Å². The highest BCUT2D eigenvalue weighted by molar-refractivity contribution is 4.94. The van der Waals surface area contributed by atoms with Crippen LogP contribution in [-0.2, 0) is 4.74 Å². The lowest BCUT2D eigenvalue weighted by molar-refractivity contribution is -0.0873. The number of nitrogens with one attached hydrogen (secondary N) is 1. The minimum Gasteiger partial charge on any atom is -0.374 e. The first-order valence-electron chi connectivity index (χ1n) is 9.18. The molecule has 0 unspecified atom stereocenters. The summed E-state index contributed by atoms with van der Waals surface area (Å²) in [6.45, 7) is 13.8. The summed E-state index contributed by atoms with van der Waals surface area (Å²) in [4.78, 5) is 0. The van der Waals surface area contributed by atoms with Crippen LogP contribution in [0.3, 0.4) is 0 Å². The SMILES string of the molecule is CC(C)CCOC1(CNC2CC2)CCC(C(C)(C)C)CC1. The molecule has 0 aromatic rings.